The van der Waals surface area contributed by atoms with Crippen LogP contribution in [0.15, 0.2) is 23.2 Å². The monoisotopic (exact) mass is 371 g/mol. The lowest BCUT2D eigenvalue weighted by Crippen LogP contribution is -2.42. The lowest BCUT2D eigenvalue weighted by molar-refractivity contribution is -0.384. The summed E-state index contributed by atoms with van der Waals surface area (Å²) in [6, 6.07) is 5.52. The highest BCUT2D eigenvalue weighted by atomic mass is 16.6. The highest BCUT2D eigenvalue weighted by molar-refractivity contribution is 5.88. The summed E-state index contributed by atoms with van der Waals surface area (Å²) in [6.45, 7) is 12.2. The van der Waals surface area contributed by atoms with Gasteiger partial charge in [0.25, 0.3) is 5.69 Å². The number of likely N-dealkylation sites (tertiary alicyclic amines) is 1. The Morgan fingerprint density at radius 3 is 2.59 bits per heavy atom. The van der Waals surface area contributed by atoms with Crippen molar-refractivity contribution in [3.63, 3.8) is 0 Å². The summed E-state index contributed by atoms with van der Waals surface area (Å²) in [5.41, 5.74) is 1.88. The quantitative estimate of drug-likeness (QED) is 0.501. The van der Waals surface area contributed by atoms with E-state index in [1.165, 1.54) is 31.5 Å². The maximum atomic E-state index is 11.1. The van der Waals surface area contributed by atoms with Crippen LogP contribution in [0.4, 0.5) is 11.4 Å². The van der Waals surface area contributed by atoms with E-state index in [-0.39, 0.29) is 10.6 Å². The minimum Gasteiger partial charge on any atom is -0.357 e. The number of hydrogen-bond donors (Lipinski definition) is 0. The van der Waals surface area contributed by atoms with Gasteiger partial charge in [0, 0.05) is 30.6 Å². The maximum absolute atomic E-state index is 11.1. The molecule has 0 aromatic heterocycles. The van der Waals surface area contributed by atoms with Crippen LogP contribution in [0, 0.1) is 40.7 Å². The Morgan fingerprint density at radius 1 is 1.22 bits per heavy atom. The summed E-state index contributed by atoms with van der Waals surface area (Å²) < 4.78 is 0. The molecule has 5 heteroatoms. The molecule has 1 heterocycles. The molecular weight excluding hydrogens is 338 g/mol. The maximum Gasteiger partial charge on any atom is 0.269 e. The van der Waals surface area contributed by atoms with E-state index in [1.54, 1.807) is 12.1 Å². The van der Waals surface area contributed by atoms with Crippen molar-refractivity contribution in [2.45, 2.75) is 66.3 Å². The second-order valence-corrected chi connectivity index (χ2v) is 9.20. The Morgan fingerprint density at radius 2 is 1.96 bits per heavy atom. The molecule has 1 aliphatic carbocycles. The lowest BCUT2D eigenvalue weighted by atomic mass is 9.75. The van der Waals surface area contributed by atoms with Gasteiger partial charge in [0.2, 0.25) is 0 Å². The highest BCUT2D eigenvalue weighted by Gasteiger charge is 2.38. The standard InChI is InChI=1S/C22H33N3O2/c1-14(2)13-24-17(5)11-18-8-15(3)9-19(12-18)22(24)23-21-7-6-20(25(26)27)10-16(21)4/h6-7,10,14-15,17-19H,8-9,11-13H2,1-5H3. The summed E-state index contributed by atoms with van der Waals surface area (Å²) in [5.74, 6) is 3.81. The van der Waals surface area contributed by atoms with E-state index in [2.05, 4.69) is 32.6 Å². The molecule has 1 saturated carbocycles. The lowest BCUT2D eigenvalue weighted by Gasteiger charge is -2.35. The van der Waals surface area contributed by atoms with Crippen molar-refractivity contribution >= 4 is 17.2 Å². The predicted octanol–water partition coefficient (Wildman–Crippen LogP) is 5.74. The van der Waals surface area contributed by atoms with Crippen molar-refractivity contribution in [1.82, 2.24) is 4.90 Å². The fraction of sp³-hybridized carbons (Fsp3) is 0.682. The van der Waals surface area contributed by atoms with Gasteiger partial charge in [0.1, 0.15) is 5.84 Å². The van der Waals surface area contributed by atoms with Gasteiger partial charge in [-0.1, -0.05) is 20.8 Å². The Balaban J connectivity index is 2.03. The van der Waals surface area contributed by atoms with Crippen molar-refractivity contribution in [2.24, 2.45) is 28.7 Å². The Kier molecular flexibility index (Phi) is 5.87. The molecule has 5 nitrogen and oxygen atoms in total. The summed E-state index contributed by atoms with van der Waals surface area (Å²) in [7, 11) is 0. The molecule has 0 radical (unpaired) electrons. The molecule has 2 bridgehead atoms. The number of hydrogen-bond acceptors (Lipinski definition) is 3. The summed E-state index contributed by atoms with van der Waals surface area (Å²) in [4.78, 5) is 18.4. The Labute approximate surface area is 163 Å². The van der Waals surface area contributed by atoms with Gasteiger partial charge in [0.15, 0.2) is 0 Å². The molecule has 1 saturated heterocycles. The van der Waals surface area contributed by atoms with Gasteiger partial charge in [0.05, 0.1) is 10.6 Å². The number of rotatable bonds is 4. The van der Waals surface area contributed by atoms with E-state index >= 15 is 0 Å². The van der Waals surface area contributed by atoms with Gasteiger partial charge >= 0.3 is 0 Å². The number of amidine groups is 1. The third kappa shape index (κ3) is 4.50. The minimum absolute atomic E-state index is 0.135. The summed E-state index contributed by atoms with van der Waals surface area (Å²) >= 11 is 0. The minimum atomic E-state index is -0.337. The zero-order valence-corrected chi connectivity index (χ0v) is 17.3. The third-order valence-electron chi connectivity index (χ3n) is 6.09. The zero-order chi connectivity index (χ0) is 19.7. The number of nitrogens with zero attached hydrogens (tertiary/aromatic N) is 3. The molecule has 148 valence electrons. The molecule has 2 aliphatic rings. The van der Waals surface area contributed by atoms with Crippen molar-refractivity contribution in [3.05, 3.63) is 33.9 Å². The van der Waals surface area contributed by atoms with E-state index in [1.807, 2.05) is 13.0 Å². The SMILES string of the molecule is Cc1cc([N+](=O)[O-])ccc1N=C1C2CC(C)CC(C2)CC(C)N1CC(C)C. The van der Waals surface area contributed by atoms with Gasteiger partial charge in [-0.2, -0.15) is 0 Å². The first-order chi connectivity index (χ1) is 12.7. The van der Waals surface area contributed by atoms with Crippen LogP contribution < -0.4 is 0 Å². The van der Waals surface area contributed by atoms with Crippen LogP contribution in [0.3, 0.4) is 0 Å². The third-order valence-corrected chi connectivity index (χ3v) is 6.09. The van der Waals surface area contributed by atoms with E-state index in [9.17, 15) is 10.1 Å². The molecule has 0 spiro atoms. The molecule has 1 aromatic carbocycles. The number of fused-ring (bicyclic) bond motifs is 2. The first-order valence-corrected chi connectivity index (χ1v) is 10.3. The van der Waals surface area contributed by atoms with Gasteiger partial charge in [-0.15, -0.1) is 0 Å². The second kappa shape index (κ2) is 7.99. The largest absolute Gasteiger partial charge is 0.357 e. The van der Waals surface area contributed by atoms with Crippen LogP contribution in [-0.2, 0) is 0 Å². The van der Waals surface area contributed by atoms with Crippen LogP contribution in [0.2, 0.25) is 0 Å². The molecule has 4 atom stereocenters. The first-order valence-electron chi connectivity index (χ1n) is 10.3. The Bertz CT molecular complexity index is 728. The van der Waals surface area contributed by atoms with Crippen LogP contribution in [0.1, 0.15) is 58.9 Å². The van der Waals surface area contributed by atoms with E-state index in [0.717, 1.165) is 29.6 Å². The number of aliphatic imine (C=N–C) groups is 1. The fourth-order valence-electron chi connectivity index (χ4n) is 5.04. The number of nitro benzene ring substituents is 1. The van der Waals surface area contributed by atoms with Crippen molar-refractivity contribution < 1.29 is 4.92 Å². The molecule has 27 heavy (non-hydrogen) atoms. The number of aryl methyl sites for hydroxylation is 1. The average molecular weight is 372 g/mol. The van der Waals surface area contributed by atoms with E-state index in [0.29, 0.717) is 17.9 Å². The molecule has 0 N–H and O–H groups in total. The summed E-state index contributed by atoms with van der Waals surface area (Å²) in [6.07, 6.45) is 5.00. The number of benzene rings is 1. The van der Waals surface area contributed by atoms with Crippen molar-refractivity contribution in [3.8, 4) is 0 Å². The molecule has 1 aliphatic heterocycles. The smallest absolute Gasteiger partial charge is 0.269 e. The molecular formula is C22H33N3O2. The number of non-ortho nitro benzene ring substituents is 1. The normalized spacial score (nSPS) is 29.9. The van der Waals surface area contributed by atoms with Crippen LogP contribution in [0.5, 0.6) is 0 Å². The topological polar surface area (TPSA) is 58.7 Å². The molecule has 0 amide bonds. The van der Waals surface area contributed by atoms with Gasteiger partial charge in [-0.25, -0.2) is 4.99 Å². The van der Waals surface area contributed by atoms with Crippen molar-refractivity contribution in [1.29, 1.82) is 0 Å². The predicted molar refractivity (Wildman–Crippen MR) is 111 cm³/mol. The molecule has 1 aromatic rings. The van der Waals surface area contributed by atoms with Gasteiger partial charge in [-0.05, 0) is 68.9 Å². The van der Waals surface area contributed by atoms with Gasteiger partial charge < -0.3 is 4.90 Å². The number of nitro groups is 1. The van der Waals surface area contributed by atoms with Crippen LogP contribution in [0.25, 0.3) is 0 Å². The molecule has 3 rings (SSSR count). The van der Waals surface area contributed by atoms with Crippen molar-refractivity contribution in [2.75, 3.05) is 6.54 Å². The van der Waals surface area contributed by atoms with Gasteiger partial charge in [-0.3, -0.25) is 10.1 Å². The first kappa shape index (κ1) is 19.8. The molecule has 4 unspecified atom stereocenters. The fourth-order valence-corrected chi connectivity index (χ4v) is 5.04. The van der Waals surface area contributed by atoms with E-state index < -0.39 is 0 Å². The zero-order valence-electron chi connectivity index (χ0n) is 17.3. The summed E-state index contributed by atoms with van der Waals surface area (Å²) in [5, 5.41) is 11.1. The Hall–Kier alpha value is -1.91. The molecule has 2 fully saturated rings. The average Bonchev–Trinajstić information content (AvgIpc) is 2.65. The van der Waals surface area contributed by atoms with Crippen LogP contribution in [-0.4, -0.2) is 28.2 Å². The van der Waals surface area contributed by atoms with E-state index in [4.69, 9.17) is 4.99 Å². The highest BCUT2D eigenvalue weighted by Crippen LogP contribution is 2.41. The second-order valence-electron chi connectivity index (χ2n) is 9.20. The van der Waals surface area contributed by atoms with Crippen LogP contribution >= 0.6 is 0 Å².